The van der Waals surface area contributed by atoms with Gasteiger partial charge >= 0.3 is 0 Å². The van der Waals surface area contributed by atoms with E-state index in [1.165, 1.54) is 0 Å². The Hall–Kier alpha value is -1.04. The van der Waals surface area contributed by atoms with Crippen molar-refractivity contribution in [3.63, 3.8) is 0 Å². The number of allylic oxidation sites excluding steroid dienone is 7. The van der Waals surface area contributed by atoms with Gasteiger partial charge in [-0.1, -0.05) is 49.5 Å². The molecule has 0 heterocycles. The molecule has 1 unspecified atom stereocenters. The maximum atomic E-state index is 3.64. The summed E-state index contributed by atoms with van der Waals surface area (Å²) in [6.45, 7) is 7.84. The van der Waals surface area contributed by atoms with Crippen molar-refractivity contribution in [3.8, 4) is 0 Å². The first-order chi connectivity index (χ1) is 5.81. The average Bonchev–Trinajstić information content (AvgIpc) is 2.05. The second kappa shape index (κ2) is 8.06. The molecule has 0 N–H and O–H groups in total. The van der Waals surface area contributed by atoms with E-state index in [9.17, 15) is 0 Å². The highest BCUT2D eigenvalue weighted by molar-refractivity contribution is 5.08. The fraction of sp³-hybridized carbons (Fsp3) is 0.333. The molecular weight excluding hydrogens is 144 g/mol. The fourth-order valence-corrected chi connectivity index (χ4v) is 0.860. The molecule has 0 aromatic rings. The van der Waals surface area contributed by atoms with Gasteiger partial charge in [0.25, 0.3) is 0 Å². The van der Waals surface area contributed by atoms with E-state index in [0.717, 1.165) is 6.42 Å². The first-order valence-electron chi connectivity index (χ1n) is 4.38. The van der Waals surface area contributed by atoms with Crippen molar-refractivity contribution in [1.82, 2.24) is 0 Å². The van der Waals surface area contributed by atoms with Gasteiger partial charge in [0.15, 0.2) is 0 Å². The van der Waals surface area contributed by atoms with Gasteiger partial charge in [-0.15, -0.1) is 6.58 Å². The summed E-state index contributed by atoms with van der Waals surface area (Å²) in [5.74, 6) is 0.531. The van der Waals surface area contributed by atoms with Crippen molar-refractivity contribution in [1.29, 1.82) is 0 Å². The summed E-state index contributed by atoms with van der Waals surface area (Å²) in [6.07, 6.45) is 15.5. The van der Waals surface area contributed by atoms with Crippen LogP contribution in [0.15, 0.2) is 49.1 Å². The van der Waals surface area contributed by atoms with Crippen LogP contribution in [0.25, 0.3) is 0 Å². The average molecular weight is 162 g/mol. The van der Waals surface area contributed by atoms with Gasteiger partial charge in [-0.2, -0.15) is 0 Å². The van der Waals surface area contributed by atoms with E-state index in [1.54, 1.807) is 0 Å². The van der Waals surface area contributed by atoms with Crippen LogP contribution in [0.4, 0.5) is 0 Å². The standard InChI is InChI=1S/C12H18/c1-4-6-7-8-9-11-12(3)10-5-2/h4-5,7-12H,1,6H2,2-3H3. The highest BCUT2D eigenvalue weighted by Gasteiger charge is 1.84. The minimum atomic E-state index is 0.531. The highest BCUT2D eigenvalue weighted by atomic mass is 13.9. The van der Waals surface area contributed by atoms with Gasteiger partial charge in [0.2, 0.25) is 0 Å². The number of hydrogen-bond acceptors (Lipinski definition) is 0. The van der Waals surface area contributed by atoms with Gasteiger partial charge in [-0.3, -0.25) is 0 Å². The molecule has 0 heteroatoms. The number of hydrogen-bond donors (Lipinski definition) is 0. The molecule has 0 spiro atoms. The molecule has 0 bridgehead atoms. The third-order valence-corrected chi connectivity index (χ3v) is 1.46. The van der Waals surface area contributed by atoms with Crippen LogP contribution in [-0.4, -0.2) is 0 Å². The van der Waals surface area contributed by atoms with Gasteiger partial charge < -0.3 is 0 Å². The molecule has 0 amide bonds. The molecule has 0 aromatic heterocycles. The molecule has 0 aromatic carbocycles. The maximum Gasteiger partial charge on any atom is -0.00789 e. The zero-order valence-electron chi connectivity index (χ0n) is 8.03. The minimum absolute atomic E-state index is 0.531. The zero-order valence-corrected chi connectivity index (χ0v) is 8.03. The lowest BCUT2D eigenvalue weighted by Crippen LogP contribution is -1.79. The van der Waals surface area contributed by atoms with Gasteiger partial charge in [0.1, 0.15) is 0 Å². The van der Waals surface area contributed by atoms with Crippen molar-refractivity contribution in [2.45, 2.75) is 20.3 Å². The van der Waals surface area contributed by atoms with Crippen molar-refractivity contribution in [2.75, 3.05) is 0 Å². The zero-order chi connectivity index (χ0) is 9.23. The van der Waals surface area contributed by atoms with Crippen LogP contribution in [0.3, 0.4) is 0 Å². The first-order valence-corrected chi connectivity index (χ1v) is 4.38. The van der Waals surface area contributed by atoms with Crippen molar-refractivity contribution in [3.05, 3.63) is 49.1 Å². The Morgan fingerprint density at radius 3 is 2.58 bits per heavy atom. The third kappa shape index (κ3) is 7.07. The molecule has 0 saturated heterocycles. The molecular formula is C12H18. The van der Waals surface area contributed by atoms with E-state index in [1.807, 2.05) is 13.0 Å². The quantitative estimate of drug-likeness (QED) is 0.425. The van der Waals surface area contributed by atoms with E-state index in [-0.39, 0.29) is 0 Å². The van der Waals surface area contributed by atoms with Gasteiger partial charge in [0.05, 0.1) is 0 Å². The Kier molecular flexibility index (Phi) is 7.36. The first kappa shape index (κ1) is 11.0. The summed E-state index contributed by atoms with van der Waals surface area (Å²) in [5.41, 5.74) is 0. The summed E-state index contributed by atoms with van der Waals surface area (Å²) in [5, 5.41) is 0. The fourth-order valence-electron chi connectivity index (χ4n) is 0.860. The van der Waals surface area contributed by atoms with Crippen LogP contribution in [-0.2, 0) is 0 Å². The summed E-state index contributed by atoms with van der Waals surface area (Å²) in [4.78, 5) is 0. The Morgan fingerprint density at radius 1 is 1.25 bits per heavy atom. The Bertz CT molecular complexity index is 182. The molecule has 12 heavy (non-hydrogen) atoms. The van der Waals surface area contributed by atoms with Crippen molar-refractivity contribution < 1.29 is 0 Å². The topological polar surface area (TPSA) is 0 Å². The van der Waals surface area contributed by atoms with Crippen LogP contribution >= 0.6 is 0 Å². The Labute approximate surface area is 76.0 Å². The summed E-state index contributed by atoms with van der Waals surface area (Å²) < 4.78 is 0. The molecule has 1 atom stereocenters. The van der Waals surface area contributed by atoms with Crippen LogP contribution in [0.1, 0.15) is 20.3 Å². The Morgan fingerprint density at radius 2 is 2.00 bits per heavy atom. The molecule has 0 fully saturated rings. The second-order valence-electron chi connectivity index (χ2n) is 2.72. The van der Waals surface area contributed by atoms with E-state index in [0.29, 0.717) is 5.92 Å². The van der Waals surface area contributed by atoms with Crippen LogP contribution in [0.2, 0.25) is 0 Å². The molecule has 0 radical (unpaired) electrons. The SMILES string of the molecule is C=CCC=CC=CC(C)C=CC. The molecule has 0 aliphatic rings. The van der Waals surface area contributed by atoms with E-state index < -0.39 is 0 Å². The lowest BCUT2D eigenvalue weighted by atomic mass is 10.1. The predicted octanol–water partition coefficient (Wildman–Crippen LogP) is 3.89. The van der Waals surface area contributed by atoms with Crippen molar-refractivity contribution >= 4 is 0 Å². The van der Waals surface area contributed by atoms with Gasteiger partial charge in [-0.05, 0) is 19.3 Å². The van der Waals surface area contributed by atoms with E-state index in [2.05, 4.69) is 50.0 Å². The normalized spacial score (nSPS) is 14.8. The van der Waals surface area contributed by atoms with Crippen LogP contribution in [0, 0.1) is 5.92 Å². The van der Waals surface area contributed by atoms with Gasteiger partial charge in [-0.25, -0.2) is 0 Å². The lowest BCUT2D eigenvalue weighted by molar-refractivity contribution is 0.937. The predicted molar refractivity (Wildman–Crippen MR) is 57.1 cm³/mol. The second-order valence-corrected chi connectivity index (χ2v) is 2.72. The van der Waals surface area contributed by atoms with Gasteiger partial charge in [0, 0.05) is 0 Å². The summed E-state index contributed by atoms with van der Waals surface area (Å²) >= 11 is 0. The van der Waals surface area contributed by atoms with E-state index >= 15 is 0 Å². The summed E-state index contributed by atoms with van der Waals surface area (Å²) in [7, 11) is 0. The molecule has 0 aliphatic heterocycles. The molecule has 0 saturated carbocycles. The number of rotatable bonds is 5. The smallest absolute Gasteiger partial charge is 0.00789 e. The monoisotopic (exact) mass is 162 g/mol. The third-order valence-electron chi connectivity index (χ3n) is 1.46. The van der Waals surface area contributed by atoms with E-state index in [4.69, 9.17) is 0 Å². The van der Waals surface area contributed by atoms with Crippen molar-refractivity contribution in [2.24, 2.45) is 5.92 Å². The van der Waals surface area contributed by atoms with Crippen LogP contribution < -0.4 is 0 Å². The summed E-state index contributed by atoms with van der Waals surface area (Å²) in [6, 6.07) is 0. The molecule has 0 rings (SSSR count). The molecule has 0 nitrogen and oxygen atoms in total. The lowest BCUT2D eigenvalue weighted by Gasteiger charge is -1.93. The maximum absolute atomic E-state index is 3.64. The van der Waals surface area contributed by atoms with Crippen LogP contribution in [0.5, 0.6) is 0 Å². The largest absolute Gasteiger partial charge is 0.103 e. The molecule has 0 aliphatic carbocycles. The minimum Gasteiger partial charge on any atom is -0.103 e. The Balaban J connectivity index is 3.66. The molecule has 66 valence electrons. The highest BCUT2D eigenvalue weighted by Crippen LogP contribution is 1.99.